The van der Waals surface area contributed by atoms with Crippen molar-refractivity contribution in [2.75, 3.05) is 33.3 Å². The Bertz CT molecular complexity index is 743. The number of rotatable bonds is 6. The minimum atomic E-state index is -0.146. The summed E-state index contributed by atoms with van der Waals surface area (Å²) in [5, 5.41) is 0.935. The van der Waals surface area contributed by atoms with Gasteiger partial charge in [0.15, 0.2) is 0 Å². The molecule has 1 aliphatic heterocycles. The van der Waals surface area contributed by atoms with Crippen LogP contribution in [0.5, 0.6) is 0 Å². The minimum Gasteiger partial charge on any atom is -0.466 e. The Hall–Kier alpha value is -1.99. The van der Waals surface area contributed by atoms with Crippen LogP contribution in [0.25, 0.3) is 10.2 Å². The van der Waals surface area contributed by atoms with Gasteiger partial charge >= 0.3 is 5.97 Å². The number of carbonyl (C=O) groups excluding carboxylic acids is 2. The van der Waals surface area contributed by atoms with Crippen LogP contribution in [0.1, 0.15) is 24.8 Å². The van der Waals surface area contributed by atoms with E-state index in [0.29, 0.717) is 26.2 Å². The van der Waals surface area contributed by atoms with Crippen LogP contribution in [0.2, 0.25) is 0 Å². The number of aromatic nitrogens is 1. The lowest BCUT2D eigenvalue weighted by molar-refractivity contribution is -0.150. The number of hydrogen-bond donors (Lipinski definition) is 0. The number of carbonyl (C=O) groups is 2. The Kier molecular flexibility index (Phi) is 6.21. The summed E-state index contributed by atoms with van der Waals surface area (Å²) in [6.45, 7) is 4.50. The number of amides is 1. The first-order valence-electron chi connectivity index (χ1n) is 9.04. The van der Waals surface area contributed by atoms with E-state index in [1.54, 1.807) is 23.3 Å². The fraction of sp³-hybridized carbons (Fsp3) is 0.526. The fourth-order valence-electron chi connectivity index (χ4n) is 3.24. The SMILES string of the molecule is CCOC(=O)[C@@H]1CCCN(CC(=O)N(C)Cc2nc3ccccc3s2)C1. The molecule has 1 fully saturated rings. The van der Waals surface area contributed by atoms with Crippen molar-refractivity contribution in [2.45, 2.75) is 26.3 Å². The summed E-state index contributed by atoms with van der Waals surface area (Å²) in [4.78, 5) is 32.9. The third-order valence-corrected chi connectivity index (χ3v) is 5.64. The number of thiazole rings is 1. The van der Waals surface area contributed by atoms with Crippen LogP contribution in [-0.4, -0.2) is 59.9 Å². The average molecular weight is 375 g/mol. The first-order chi connectivity index (χ1) is 12.6. The quantitative estimate of drug-likeness (QED) is 0.726. The van der Waals surface area contributed by atoms with Crippen LogP contribution in [0.4, 0.5) is 0 Å². The topological polar surface area (TPSA) is 62.7 Å². The summed E-state index contributed by atoms with van der Waals surface area (Å²) in [5.41, 5.74) is 0.974. The molecule has 7 heteroatoms. The first kappa shape index (κ1) is 18.8. The van der Waals surface area contributed by atoms with Gasteiger partial charge in [-0.2, -0.15) is 0 Å². The molecular formula is C19H25N3O3S. The number of hydrogen-bond acceptors (Lipinski definition) is 6. The maximum atomic E-state index is 12.6. The molecule has 1 saturated heterocycles. The van der Waals surface area contributed by atoms with Crippen LogP contribution in [0, 0.1) is 5.92 Å². The molecule has 1 aliphatic rings. The second kappa shape index (κ2) is 8.60. The van der Waals surface area contributed by atoms with Crippen molar-refractivity contribution in [3.8, 4) is 0 Å². The molecule has 0 unspecified atom stereocenters. The largest absolute Gasteiger partial charge is 0.466 e. The van der Waals surface area contributed by atoms with E-state index >= 15 is 0 Å². The summed E-state index contributed by atoms with van der Waals surface area (Å²) in [7, 11) is 1.81. The number of nitrogens with zero attached hydrogens (tertiary/aromatic N) is 3. The Balaban J connectivity index is 1.54. The molecule has 3 rings (SSSR count). The Morgan fingerprint density at radius 3 is 2.96 bits per heavy atom. The van der Waals surface area contributed by atoms with E-state index in [1.807, 2.05) is 31.2 Å². The van der Waals surface area contributed by atoms with Crippen LogP contribution >= 0.6 is 11.3 Å². The standard InChI is InChI=1S/C19H25N3O3S/c1-3-25-19(24)14-7-6-10-22(11-14)13-18(23)21(2)12-17-20-15-8-4-5-9-16(15)26-17/h4-5,8-9,14H,3,6-7,10-13H2,1-2H3/t14-/m1/s1. The second-order valence-corrected chi connectivity index (χ2v) is 7.77. The number of likely N-dealkylation sites (tertiary alicyclic amines) is 1. The summed E-state index contributed by atoms with van der Waals surface area (Å²) in [6, 6.07) is 7.99. The van der Waals surface area contributed by atoms with Gasteiger partial charge in [0.2, 0.25) is 5.91 Å². The minimum absolute atomic E-state index is 0.0498. The van der Waals surface area contributed by atoms with Crippen molar-refractivity contribution < 1.29 is 14.3 Å². The lowest BCUT2D eigenvalue weighted by Crippen LogP contribution is -2.44. The molecule has 6 nitrogen and oxygen atoms in total. The van der Waals surface area contributed by atoms with Crippen LogP contribution in [0.15, 0.2) is 24.3 Å². The normalized spacial score (nSPS) is 18.0. The predicted octanol–water partition coefficient (Wildman–Crippen LogP) is 2.53. The monoisotopic (exact) mass is 375 g/mol. The van der Waals surface area contributed by atoms with Gasteiger partial charge in [0, 0.05) is 13.6 Å². The third kappa shape index (κ3) is 4.59. The van der Waals surface area contributed by atoms with Gasteiger partial charge in [-0.3, -0.25) is 14.5 Å². The van der Waals surface area contributed by atoms with E-state index < -0.39 is 0 Å². The molecule has 0 aliphatic carbocycles. The lowest BCUT2D eigenvalue weighted by Gasteiger charge is -2.31. The zero-order valence-corrected chi connectivity index (χ0v) is 16.1. The van der Waals surface area contributed by atoms with Crippen molar-refractivity contribution in [3.63, 3.8) is 0 Å². The van der Waals surface area contributed by atoms with Gasteiger partial charge in [-0.15, -0.1) is 11.3 Å². The summed E-state index contributed by atoms with van der Waals surface area (Å²) >= 11 is 1.62. The number of ether oxygens (including phenoxy) is 1. The number of piperidine rings is 1. The van der Waals surface area contributed by atoms with E-state index in [4.69, 9.17) is 4.74 Å². The predicted molar refractivity (Wildman–Crippen MR) is 102 cm³/mol. The highest BCUT2D eigenvalue weighted by Gasteiger charge is 2.28. The van der Waals surface area contributed by atoms with Gasteiger partial charge in [0.05, 0.1) is 35.8 Å². The number of esters is 1. The van der Waals surface area contributed by atoms with E-state index in [-0.39, 0.29) is 17.8 Å². The third-order valence-electron chi connectivity index (χ3n) is 4.62. The highest BCUT2D eigenvalue weighted by molar-refractivity contribution is 7.18. The highest BCUT2D eigenvalue weighted by Crippen LogP contribution is 2.23. The zero-order valence-electron chi connectivity index (χ0n) is 15.3. The van der Waals surface area contributed by atoms with Crippen LogP contribution < -0.4 is 0 Å². The number of benzene rings is 1. The molecule has 2 aromatic rings. The maximum Gasteiger partial charge on any atom is 0.310 e. The Morgan fingerprint density at radius 2 is 2.19 bits per heavy atom. The lowest BCUT2D eigenvalue weighted by atomic mass is 9.98. The highest BCUT2D eigenvalue weighted by atomic mass is 32.1. The van der Waals surface area contributed by atoms with Gasteiger partial charge in [0.1, 0.15) is 5.01 Å². The van der Waals surface area contributed by atoms with E-state index in [1.165, 1.54) is 0 Å². The number of likely N-dealkylation sites (N-methyl/N-ethyl adjacent to an activating group) is 1. The molecular weight excluding hydrogens is 350 g/mol. The Labute approximate surface area is 157 Å². The molecule has 2 heterocycles. The Morgan fingerprint density at radius 1 is 1.38 bits per heavy atom. The molecule has 0 N–H and O–H groups in total. The number of para-hydroxylation sites is 1. The zero-order chi connectivity index (χ0) is 18.5. The molecule has 26 heavy (non-hydrogen) atoms. The van der Waals surface area contributed by atoms with E-state index in [2.05, 4.69) is 9.88 Å². The van der Waals surface area contributed by atoms with E-state index in [9.17, 15) is 9.59 Å². The summed E-state index contributed by atoms with van der Waals surface area (Å²) < 4.78 is 6.26. The molecule has 1 aromatic carbocycles. The summed E-state index contributed by atoms with van der Waals surface area (Å²) in [5.74, 6) is -0.215. The van der Waals surface area contributed by atoms with Gasteiger partial charge in [-0.1, -0.05) is 12.1 Å². The average Bonchev–Trinajstić information content (AvgIpc) is 3.04. The molecule has 0 radical (unpaired) electrons. The molecule has 140 valence electrons. The van der Waals surface area contributed by atoms with E-state index in [0.717, 1.165) is 34.6 Å². The second-order valence-electron chi connectivity index (χ2n) is 6.65. The first-order valence-corrected chi connectivity index (χ1v) is 9.86. The van der Waals surface area contributed by atoms with Gasteiger partial charge in [-0.05, 0) is 38.4 Å². The molecule has 1 atom stereocenters. The molecule has 1 aromatic heterocycles. The van der Waals surface area contributed by atoms with Crippen molar-refractivity contribution in [1.29, 1.82) is 0 Å². The molecule has 1 amide bonds. The van der Waals surface area contributed by atoms with Crippen molar-refractivity contribution in [1.82, 2.24) is 14.8 Å². The molecule has 0 bridgehead atoms. The van der Waals surface area contributed by atoms with Crippen molar-refractivity contribution >= 4 is 33.4 Å². The van der Waals surface area contributed by atoms with Crippen LogP contribution in [-0.2, 0) is 20.9 Å². The molecule has 0 saturated carbocycles. The summed E-state index contributed by atoms with van der Waals surface area (Å²) in [6.07, 6.45) is 1.75. The van der Waals surface area contributed by atoms with Gasteiger partial charge in [-0.25, -0.2) is 4.98 Å². The smallest absolute Gasteiger partial charge is 0.310 e. The van der Waals surface area contributed by atoms with Gasteiger partial charge in [0.25, 0.3) is 0 Å². The van der Waals surface area contributed by atoms with Crippen LogP contribution in [0.3, 0.4) is 0 Å². The maximum absolute atomic E-state index is 12.6. The van der Waals surface area contributed by atoms with Crippen molar-refractivity contribution in [3.05, 3.63) is 29.3 Å². The molecule has 0 spiro atoms. The van der Waals surface area contributed by atoms with Crippen molar-refractivity contribution in [2.24, 2.45) is 5.92 Å². The number of fused-ring (bicyclic) bond motifs is 1. The fourth-order valence-corrected chi connectivity index (χ4v) is 4.26. The van der Waals surface area contributed by atoms with Gasteiger partial charge < -0.3 is 9.64 Å².